The van der Waals surface area contributed by atoms with Crippen molar-refractivity contribution >= 4 is 11.8 Å². The number of nitrogens with zero attached hydrogens (tertiary/aromatic N) is 3. The van der Waals surface area contributed by atoms with Crippen molar-refractivity contribution in [3.05, 3.63) is 54.1 Å². The number of amides is 2. The van der Waals surface area contributed by atoms with Gasteiger partial charge in [-0.25, -0.2) is 0 Å². The van der Waals surface area contributed by atoms with Crippen molar-refractivity contribution in [2.75, 3.05) is 19.7 Å². The Bertz CT molecular complexity index is 827. The lowest BCUT2D eigenvalue weighted by atomic mass is 9.85. The largest absolute Gasteiger partial charge is 0.371 e. The fourth-order valence-electron chi connectivity index (χ4n) is 3.96. The van der Waals surface area contributed by atoms with E-state index in [1.54, 1.807) is 12.4 Å². The van der Waals surface area contributed by atoms with Gasteiger partial charge in [0.2, 0.25) is 5.91 Å². The first-order valence-corrected chi connectivity index (χ1v) is 9.25. The van der Waals surface area contributed by atoms with Crippen molar-refractivity contribution in [3.8, 4) is 0 Å². The van der Waals surface area contributed by atoms with Crippen LogP contribution in [0, 0.1) is 5.92 Å². The van der Waals surface area contributed by atoms with Crippen LogP contribution in [0.15, 0.2) is 42.9 Å². The second-order valence-electron chi connectivity index (χ2n) is 7.57. The molecule has 27 heavy (non-hydrogen) atoms. The van der Waals surface area contributed by atoms with Gasteiger partial charge in [0.15, 0.2) is 0 Å². The molecule has 7 nitrogen and oxygen atoms in total. The maximum Gasteiger partial charge on any atom is 0.270 e. The molecule has 0 bridgehead atoms. The number of pyridine rings is 1. The van der Waals surface area contributed by atoms with E-state index in [2.05, 4.69) is 10.3 Å². The molecule has 2 fully saturated rings. The Hall–Kier alpha value is -2.67. The standard InChI is InChI=1S/C20H24N4O3/c1-23-8-2-3-17(23)19(26)24-13-20(14-24)10-16(12-27-20)9-18(25)22-11-15-4-6-21-7-5-15/h2-8,16H,9-14H2,1H3,(H,22,25). The monoisotopic (exact) mass is 368 g/mol. The summed E-state index contributed by atoms with van der Waals surface area (Å²) in [6.07, 6.45) is 6.59. The summed E-state index contributed by atoms with van der Waals surface area (Å²) >= 11 is 0. The highest BCUT2D eigenvalue weighted by Crippen LogP contribution is 2.39. The van der Waals surface area contributed by atoms with E-state index in [0.29, 0.717) is 38.4 Å². The average molecular weight is 368 g/mol. The highest BCUT2D eigenvalue weighted by molar-refractivity contribution is 5.93. The summed E-state index contributed by atoms with van der Waals surface area (Å²) < 4.78 is 7.82. The summed E-state index contributed by atoms with van der Waals surface area (Å²) in [6.45, 7) is 2.30. The van der Waals surface area contributed by atoms with Crippen molar-refractivity contribution in [2.45, 2.75) is 25.0 Å². The van der Waals surface area contributed by atoms with Gasteiger partial charge in [-0.1, -0.05) is 0 Å². The van der Waals surface area contributed by atoms with E-state index in [-0.39, 0.29) is 23.3 Å². The third kappa shape index (κ3) is 3.73. The fraction of sp³-hybridized carbons (Fsp3) is 0.450. The number of hydrogen-bond donors (Lipinski definition) is 1. The van der Waals surface area contributed by atoms with E-state index in [1.807, 2.05) is 47.0 Å². The van der Waals surface area contributed by atoms with Gasteiger partial charge in [0.25, 0.3) is 5.91 Å². The third-order valence-corrected chi connectivity index (χ3v) is 5.41. The highest BCUT2D eigenvalue weighted by atomic mass is 16.5. The van der Waals surface area contributed by atoms with Crippen LogP contribution in [0.4, 0.5) is 0 Å². The van der Waals surface area contributed by atoms with Crippen LogP contribution in [0.1, 0.15) is 28.9 Å². The molecule has 0 saturated carbocycles. The molecule has 2 amide bonds. The van der Waals surface area contributed by atoms with Crippen LogP contribution >= 0.6 is 0 Å². The van der Waals surface area contributed by atoms with E-state index >= 15 is 0 Å². The Balaban J connectivity index is 1.23. The maximum absolute atomic E-state index is 12.5. The van der Waals surface area contributed by atoms with Crippen LogP contribution < -0.4 is 5.32 Å². The summed E-state index contributed by atoms with van der Waals surface area (Å²) in [5.41, 5.74) is 1.46. The molecule has 1 atom stereocenters. The summed E-state index contributed by atoms with van der Waals surface area (Å²) in [5, 5.41) is 2.95. The van der Waals surface area contributed by atoms with E-state index < -0.39 is 0 Å². The highest BCUT2D eigenvalue weighted by Gasteiger charge is 2.51. The zero-order valence-electron chi connectivity index (χ0n) is 15.4. The molecule has 0 aliphatic carbocycles. The Morgan fingerprint density at radius 1 is 1.30 bits per heavy atom. The predicted molar refractivity (Wildman–Crippen MR) is 98.8 cm³/mol. The summed E-state index contributed by atoms with van der Waals surface area (Å²) in [4.78, 5) is 30.5. The number of ether oxygens (including phenoxy) is 1. The molecule has 2 aliphatic heterocycles. The molecule has 0 radical (unpaired) electrons. The van der Waals surface area contributed by atoms with E-state index in [1.165, 1.54) is 0 Å². The lowest BCUT2D eigenvalue weighted by Gasteiger charge is -2.47. The van der Waals surface area contributed by atoms with Gasteiger partial charge in [-0.05, 0) is 42.2 Å². The number of carbonyl (C=O) groups excluding carboxylic acids is 2. The molecule has 7 heteroatoms. The molecular weight excluding hydrogens is 344 g/mol. The zero-order valence-corrected chi connectivity index (χ0v) is 15.4. The molecule has 4 rings (SSSR count). The van der Waals surface area contributed by atoms with Gasteiger partial charge in [0, 0.05) is 38.6 Å². The molecule has 142 valence electrons. The first-order valence-electron chi connectivity index (χ1n) is 9.25. The number of aromatic nitrogens is 2. The van der Waals surface area contributed by atoms with Crippen LogP contribution in [0.2, 0.25) is 0 Å². The second-order valence-corrected chi connectivity index (χ2v) is 7.57. The van der Waals surface area contributed by atoms with Gasteiger partial charge < -0.3 is 19.5 Å². The molecule has 2 saturated heterocycles. The maximum atomic E-state index is 12.5. The minimum atomic E-state index is -0.267. The average Bonchev–Trinajstić information content (AvgIpc) is 3.25. The van der Waals surface area contributed by atoms with Gasteiger partial charge in [0.1, 0.15) is 11.3 Å². The summed E-state index contributed by atoms with van der Waals surface area (Å²) in [7, 11) is 1.87. The SMILES string of the molecule is Cn1cccc1C(=O)N1CC2(CC(CC(=O)NCc3ccncc3)CO2)C1. The van der Waals surface area contributed by atoms with E-state index in [0.717, 1.165) is 12.0 Å². The van der Waals surface area contributed by atoms with Gasteiger partial charge in [-0.3, -0.25) is 14.6 Å². The number of likely N-dealkylation sites (tertiary alicyclic amines) is 1. The third-order valence-electron chi connectivity index (χ3n) is 5.41. The Kier molecular flexibility index (Phi) is 4.70. The Morgan fingerprint density at radius 3 is 2.78 bits per heavy atom. The van der Waals surface area contributed by atoms with Gasteiger partial charge in [-0.15, -0.1) is 0 Å². The van der Waals surface area contributed by atoms with Crippen LogP contribution in [0.25, 0.3) is 0 Å². The number of aryl methyl sites for hydroxylation is 1. The normalized spacial score (nSPS) is 20.5. The summed E-state index contributed by atoms with van der Waals surface area (Å²) in [5.74, 6) is 0.276. The minimum Gasteiger partial charge on any atom is -0.371 e. The number of rotatable bonds is 5. The van der Waals surface area contributed by atoms with Crippen molar-refractivity contribution in [1.82, 2.24) is 19.8 Å². The second kappa shape index (κ2) is 7.15. The van der Waals surface area contributed by atoms with Crippen LogP contribution in [-0.4, -0.2) is 51.6 Å². The molecule has 2 aromatic rings. The van der Waals surface area contributed by atoms with E-state index in [9.17, 15) is 9.59 Å². The Morgan fingerprint density at radius 2 is 2.07 bits per heavy atom. The van der Waals surface area contributed by atoms with Crippen molar-refractivity contribution in [3.63, 3.8) is 0 Å². The van der Waals surface area contributed by atoms with Crippen molar-refractivity contribution < 1.29 is 14.3 Å². The summed E-state index contributed by atoms with van der Waals surface area (Å²) in [6, 6.07) is 7.48. The molecule has 4 heterocycles. The van der Waals surface area contributed by atoms with Gasteiger partial charge in [0.05, 0.1) is 19.7 Å². The van der Waals surface area contributed by atoms with Crippen molar-refractivity contribution in [1.29, 1.82) is 0 Å². The lowest BCUT2D eigenvalue weighted by Crippen LogP contribution is -2.63. The molecule has 2 aliphatic rings. The molecule has 2 aromatic heterocycles. The van der Waals surface area contributed by atoms with Crippen LogP contribution in [0.3, 0.4) is 0 Å². The van der Waals surface area contributed by atoms with E-state index in [4.69, 9.17) is 4.74 Å². The molecule has 1 spiro atoms. The molecule has 0 aromatic carbocycles. The van der Waals surface area contributed by atoms with Crippen LogP contribution in [-0.2, 0) is 23.1 Å². The van der Waals surface area contributed by atoms with Crippen LogP contribution in [0.5, 0.6) is 0 Å². The fourth-order valence-corrected chi connectivity index (χ4v) is 3.96. The lowest BCUT2D eigenvalue weighted by molar-refractivity contribution is -0.122. The predicted octanol–water partition coefficient (Wildman–Crippen LogP) is 1.36. The smallest absolute Gasteiger partial charge is 0.270 e. The quantitative estimate of drug-likeness (QED) is 0.865. The Labute approximate surface area is 158 Å². The number of hydrogen-bond acceptors (Lipinski definition) is 4. The van der Waals surface area contributed by atoms with Gasteiger partial charge in [-0.2, -0.15) is 0 Å². The number of nitrogens with one attached hydrogen (secondary N) is 1. The molecule has 1 unspecified atom stereocenters. The number of carbonyl (C=O) groups is 2. The molecular formula is C20H24N4O3. The van der Waals surface area contributed by atoms with Gasteiger partial charge >= 0.3 is 0 Å². The first kappa shape index (κ1) is 17.7. The zero-order chi connectivity index (χ0) is 18.9. The first-order chi connectivity index (χ1) is 13.0. The minimum absolute atomic E-state index is 0.0357. The topological polar surface area (TPSA) is 76.5 Å². The molecule has 1 N–H and O–H groups in total. The van der Waals surface area contributed by atoms with Crippen molar-refractivity contribution in [2.24, 2.45) is 13.0 Å².